The van der Waals surface area contributed by atoms with Crippen molar-refractivity contribution in [2.75, 3.05) is 17.3 Å². The van der Waals surface area contributed by atoms with E-state index in [1.54, 1.807) is 6.92 Å². The largest absolute Gasteiger partial charge is 0.394 e. The summed E-state index contributed by atoms with van der Waals surface area (Å²) in [5.41, 5.74) is 1.76. The Bertz CT molecular complexity index is 384. The van der Waals surface area contributed by atoms with Crippen LogP contribution in [-0.4, -0.2) is 32.6 Å². The van der Waals surface area contributed by atoms with E-state index in [1.165, 1.54) is 0 Å². The van der Waals surface area contributed by atoms with Crippen LogP contribution < -0.4 is 16.6 Å². The molecule has 5 N–H and O–H groups in total. The van der Waals surface area contributed by atoms with Gasteiger partial charge in [-0.3, -0.25) is 10.1 Å². The van der Waals surface area contributed by atoms with Gasteiger partial charge in [0.2, 0.25) is 11.6 Å². The van der Waals surface area contributed by atoms with Gasteiger partial charge in [0.25, 0.3) is 0 Å². The molecule has 0 radical (unpaired) electrons. The highest BCUT2D eigenvalue weighted by atomic mass is 16.6. The molecule has 88 valence electrons. The minimum absolute atomic E-state index is 0.00880. The van der Waals surface area contributed by atoms with Crippen LogP contribution in [0.15, 0.2) is 6.33 Å². The monoisotopic (exact) mass is 228 g/mol. The van der Waals surface area contributed by atoms with Gasteiger partial charge >= 0.3 is 5.69 Å². The summed E-state index contributed by atoms with van der Waals surface area (Å²) in [5.74, 6) is 5.02. The van der Waals surface area contributed by atoms with Gasteiger partial charge in [0.05, 0.1) is 11.5 Å². The zero-order valence-corrected chi connectivity index (χ0v) is 8.54. The van der Waals surface area contributed by atoms with Crippen molar-refractivity contribution in [3.8, 4) is 0 Å². The van der Waals surface area contributed by atoms with Crippen molar-refractivity contribution in [3.05, 3.63) is 16.4 Å². The second-order valence-electron chi connectivity index (χ2n) is 3.05. The third-order valence-corrected chi connectivity index (χ3v) is 1.80. The number of nitrogens with zero attached hydrogens (tertiary/aromatic N) is 3. The van der Waals surface area contributed by atoms with Crippen molar-refractivity contribution in [3.63, 3.8) is 0 Å². The van der Waals surface area contributed by atoms with E-state index in [4.69, 9.17) is 10.9 Å². The van der Waals surface area contributed by atoms with Crippen LogP contribution in [0.3, 0.4) is 0 Å². The fourth-order valence-corrected chi connectivity index (χ4v) is 1.04. The number of anilines is 2. The molecular formula is C7H12N6O3. The first kappa shape index (κ1) is 12.1. The molecule has 0 aromatic carbocycles. The van der Waals surface area contributed by atoms with Crippen LogP contribution in [-0.2, 0) is 0 Å². The van der Waals surface area contributed by atoms with Gasteiger partial charge in [-0.1, -0.05) is 0 Å². The van der Waals surface area contributed by atoms with Gasteiger partial charge in [-0.25, -0.2) is 15.8 Å². The van der Waals surface area contributed by atoms with E-state index >= 15 is 0 Å². The number of nitrogens with two attached hydrogens (primary N) is 1. The minimum Gasteiger partial charge on any atom is -0.394 e. The molecule has 16 heavy (non-hydrogen) atoms. The number of nitrogen functional groups attached to an aromatic ring is 1. The summed E-state index contributed by atoms with van der Waals surface area (Å²) < 4.78 is 0. The lowest BCUT2D eigenvalue weighted by molar-refractivity contribution is -0.383. The van der Waals surface area contributed by atoms with Crippen molar-refractivity contribution in [2.45, 2.75) is 13.0 Å². The number of hydrogen-bond acceptors (Lipinski definition) is 8. The van der Waals surface area contributed by atoms with Gasteiger partial charge in [-0.15, -0.1) is 0 Å². The standard InChI is InChI=1S/C7H12N6O3/c1-4(2-14)11-6-5(13(15)16)7(12-8)10-3-9-6/h3-4,14H,2,8H2,1H3,(H2,9,10,11,12). The first-order valence-corrected chi connectivity index (χ1v) is 4.43. The summed E-state index contributed by atoms with van der Waals surface area (Å²) in [5, 5.41) is 22.3. The molecule has 1 heterocycles. The molecule has 0 fully saturated rings. The Morgan fingerprint density at radius 1 is 1.62 bits per heavy atom. The fourth-order valence-electron chi connectivity index (χ4n) is 1.04. The van der Waals surface area contributed by atoms with Gasteiger partial charge < -0.3 is 15.8 Å². The first-order valence-electron chi connectivity index (χ1n) is 4.43. The third-order valence-electron chi connectivity index (χ3n) is 1.80. The maximum atomic E-state index is 10.8. The van der Waals surface area contributed by atoms with Crippen molar-refractivity contribution >= 4 is 17.3 Å². The molecular weight excluding hydrogens is 216 g/mol. The number of aliphatic hydroxyl groups is 1. The molecule has 1 aromatic heterocycles. The zero-order chi connectivity index (χ0) is 12.1. The normalized spacial score (nSPS) is 11.9. The average molecular weight is 228 g/mol. The van der Waals surface area contributed by atoms with Gasteiger partial charge in [-0.2, -0.15) is 0 Å². The van der Waals surface area contributed by atoms with Crippen LogP contribution in [0.4, 0.5) is 17.3 Å². The molecule has 1 unspecified atom stereocenters. The zero-order valence-electron chi connectivity index (χ0n) is 8.54. The number of rotatable bonds is 5. The Kier molecular flexibility index (Phi) is 3.91. The molecule has 0 aliphatic heterocycles. The van der Waals surface area contributed by atoms with E-state index in [0.717, 1.165) is 6.33 Å². The van der Waals surface area contributed by atoms with Crippen LogP contribution in [0.1, 0.15) is 6.92 Å². The van der Waals surface area contributed by atoms with E-state index in [2.05, 4.69) is 20.7 Å². The molecule has 9 nitrogen and oxygen atoms in total. The molecule has 0 saturated heterocycles. The lowest BCUT2D eigenvalue weighted by Gasteiger charge is -2.12. The lowest BCUT2D eigenvalue weighted by atomic mass is 10.3. The summed E-state index contributed by atoms with van der Waals surface area (Å²) in [6.45, 7) is 1.48. The van der Waals surface area contributed by atoms with Gasteiger partial charge in [0, 0.05) is 6.04 Å². The molecule has 0 saturated carbocycles. The van der Waals surface area contributed by atoms with Crippen LogP contribution in [0.5, 0.6) is 0 Å². The van der Waals surface area contributed by atoms with Crippen LogP contribution in [0.25, 0.3) is 0 Å². The Morgan fingerprint density at radius 2 is 2.25 bits per heavy atom. The topological polar surface area (TPSA) is 139 Å². The van der Waals surface area contributed by atoms with Crippen molar-refractivity contribution < 1.29 is 10.0 Å². The fraction of sp³-hybridized carbons (Fsp3) is 0.429. The first-order chi connectivity index (χ1) is 7.60. The molecule has 9 heteroatoms. The quantitative estimate of drug-likeness (QED) is 0.299. The van der Waals surface area contributed by atoms with Gasteiger partial charge in [-0.05, 0) is 6.92 Å². The molecule has 0 spiro atoms. The van der Waals surface area contributed by atoms with Gasteiger partial charge in [0.1, 0.15) is 6.33 Å². The summed E-state index contributed by atoms with van der Waals surface area (Å²) in [6, 6.07) is -0.362. The highest BCUT2D eigenvalue weighted by Crippen LogP contribution is 2.28. The number of aliphatic hydroxyl groups excluding tert-OH is 1. The second-order valence-corrected chi connectivity index (χ2v) is 3.05. The Morgan fingerprint density at radius 3 is 2.75 bits per heavy atom. The summed E-state index contributed by atoms with van der Waals surface area (Å²) in [6.07, 6.45) is 1.13. The van der Waals surface area contributed by atoms with E-state index in [9.17, 15) is 10.1 Å². The Balaban J connectivity index is 3.12. The molecule has 0 aliphatic rings. The SMILES string of the molecule is CC(CO)Nc1ncnc(NN)c1[N+](=O)[O-]. The number of hydrogen-bond donors (Lipinski definition) is 4. The predicted molar refractivity (Wildman–Crippen MR) is 56.7 cm³/mol. The molecule has 0 aliphatic carbocycles. The molecule has 1 rings (SSSR count). The summed E-state index contributed by atoms with van der Waals surface area (Å²) >= 11 is 0. The number of nitro groups is 1. The van der Waals surface area contributed by atoms with Crippen molar-refractivity contribution in [2.24, 2.45) is 5.84 Å². The average Bonchev–Trinajstić information content (AvgIpc) is 2.28. The summed E-state index contributed by atoms with van der Waals surface area (Å²) in [7, 11) is 0. The van der Waals surface area contributed by atoms with Crippen LogP contribution >= 0.6 is 0 Å². The second kappa shape index (κ2) is 5.19. The Hall–Kier alpha value is -2.00. The number of hydrazine groups is 1. The molecule has 0 amide bonds. The smallest absolute Gasteiger partial charge is 0.354 e. The molecule has 1 atom stereocenters. The lowest BCUT2D eigenvalue weighted by Crippen LogP contribution is -2.22. The number of nitrogens with one attached hydrogen (secondary N) is 2. The van der Waals surface area contributed by atoms with Crippen molar-refractivity contribution in [1.82, 2.24) is 9.97 Å². The molecule has 0 bridgehead atoms. The van der Waals surface area contributed by atoms with E-state index in [0.29, 0.717) is 0 Å². The highest BCUT2D eigenvalue weighted by molar-refractivity contribution is 5.68. The number of aromatic nitrogens is 2. The maximum absolute atomic E-state index is 10.8. The van der Waals surface area contributed by atoms with E-state index in [1.807, 2.05) is 0 Å². The van der Waals surface area contributed by atoms with E-state index < -0.39 is 4.92 Å². The highest BCUT2D eigenvalue weighted by Gasteiger charge is 2.23. The van der Waals surface area contributed by atoms with E-state index in [-0.39, 0.29) is 30.0 Å². The summed E-state index contributed by atoms with van der Waals surface area (Å²) in [4.78, 5) is 17.5. The van der Waals surface area contributed by atoms with Gasteiger partial charge in [0.15, 0.2) is 0 Å². The predicted octanol–water partition coefficient (Wildman–Crippen LogP) is -0.537. The van der Waals surface area contributed by atoms with Crippen LogP contribution in [0.2, 0.25) is 0 Å². The third kappa shape index (κ3) is 2.52. The Labute approximate surface area is 90.8 Å². The molecule has 1 aromatic rings. The maximum Gasteiger partial charge on any atom is 0.354 e. The minimum atomic E-state index is -0.651. The van der Waals surface area contributed by atoms with Crippen molar-refractivity contribution in [1.29, 1.82) is 0 Å². The van der Waals surface area contributed by atoms with Crippen LogP contribution in [0, 0.1) is 10.1 Å².